The summed E-state index contributed by atoms with van der Waals surface area (Å²) in [6.45, 7) is 1.09. The van der Waals surface area contributed by atoms with Crippen molar-refractivity contribution in [2.75, 3.05) is 26.3 Å². The van der Waals surface area contributed by atoms with Crippen LogP contribution in [0.5, 0.6) is 0 Å². The molecule has 0 amide bonds. The molecule has 8 nitrogen and oxygen atoms in total. The van der Waals surface area contributed by atoms with Crippen molar-refractivity contribution in [3.63, 3.8) is 0 Å². The first-order valence-electron chi connectivity index (χ1n) is 16.9. The van der Waals surface area contributed by atoms with Gasteiger partial charge in [0, 0.05) is 11.1 Å². The molecular weight excluding hydrogens is 580 g/mol. The third-order valence-corrected chi connectivity index (χ3v) is 10.6. The van der Waals surface area contributed by atoms with E-state index in [4.69, 9.17) is 9.47 Å². The SMILES string of the molecule is O=C(COC(=O)C1CCCN1)c1ccc2cc(-c3ccc(C(=O)COC(=O)C4CCCN4)c4c3CC3(CCCCC3)C4)ccc2c1. The van der Waals surface area contributed by atoms with Crippen LogP contribution in [0.25, 0.3) is 21.9 Å². The minimum Gasteiger partial charge on any atom is -0.456 e. The maximum atomic E-state index is 13.5. The Hall–Kier alpha value is -3.88. The number of esters is 2. The van der Waals surface area contributed by atoms with Gasteiger partial charge < -0.3 is 20.1 Å². The number of benzene rings is 3. The smallest absolute Gasteiger partial charge is 0.323 e. The van der Waals surface area contributed by atoms with Crippen LogP contribution in [-0.4, -0.2) is 61.9 Å². The van der Waals surface area contributed by atoms with E-state index in [-0.39, 0.29) is 54.2 Å². The molecule has 46 heavy (non-hydrogen) atoms. The van der Waals surface area contributed by atoms with Gasteiger partial charge in [0.2, 0.25) is 5.78 Å². The first-order chi connectivity index (χ1) is 22.4. The highest BCUT2D eigenvalue weighted by atomic mass is 16.5. The van der Waals surface area contributed by atoms with Crippen molar-refractivity contribution in [1.29, 1.82) is 0 Å². The number of ether oxygens (including phenoxy) is 2. The molecule has 3 fully saturated rings. The molecule has 7 rings (SSSR count). The molecule has 0 aromatic heterocycles. The molecule has 2 unspecified atom stereocenters. The van der Waals surface area contributed by atoms with Crippen LogP contribution >= 0.6 is 0 Å². The summed E-state index contributed by atoms with van der Waals surface area (Å²) < 4.78 is 10.8. The van der Waals surface area contributed by atoms with E-state index in [1.54, 1.807) is 6.07 Å². The summed E-state index contributed by atoms with van der Waals surface area (Å²) in [5.74, 6) is -1.07. The zero-order valence-electron chi connectivity index (χ0n) is 26.3. The van der Waals surface area contributed by atoms with Gasteiger partial charge in [-0.2, -0.15) is 0 Å². The second-order valence-corrected chi connectivity index (χ2v) is 13.7. The van der Waals surface area contributed by atoms with Gasteiger partial charge in [-0.15, -0.1) is 0 Å². The number of nitrogens with one attached hydrogen (secondary N) is 2. The van der Waals surface area contributed by atoms with E-state index >= 15 is 0 Å². The molecule has 8 heteroatoms. The van der Waals surface area contributed by atoms with Gasteiger partial charge in [0.25, 0.3) is 0 Å². The summed E-state index contributed by atoms with van der Waals surface area (Å²) in [6, 6.07) is 15.2. The van der Waals surface area contributed by atoms with E-state index in [2.05, 4.69) is 28.8 Å². The number of hydrogen-bond donors (Lipinski definition) is 2. The van der Waals surface area contributed by atoms with Gasteiger partial charge in [-0.1, -0.05) is 55.7 Å². The fraction of sp³-hybridized carbons (Fsp3) is 0.474. The lowest BCUT2D eigenvalue weighted by atomic mass is 9.72. The van der Waals surface area contributed by atoms with Gasteiger partial charge in [0.15, 0.2) is 19.0 Å². The fourth-order valence-corrected chi connectivity index (χ4v) is 8.09. The van der Waals surface area contributed by atoms with E-state index in [0.717, 1.165) is 91.9 Å². The van der Waals surface area contributed by atoms with Crippen LogP contribution in [0.15, 0.2) is 48.5 Å². The number of carbonyl (C=O) groups is 4. The zero-order chi connectivity index (χ0) is 31.7. The Morgan fingerprint density at radius 3 is 1.98 bits per heavy atom. The molecule has 0 bridgehead atoms. The Labute approximate surface area is 269 Å². The van der Waals surface area contributed by atoms with E-state index in [9.17, 15) is 19.2 Å². The summed E-state index contributed by atoms with van der Waals surface area (Å²) in [4.78, 5) is 51.1. The molecule has 2 N–H and O–H groups in total. The average Bonchev–Trinajstić information content (AvgIpc) is 3.87. The van der Waals surface area contributed by atoms with Crippen LogP contribution in [0, 0.1) is 5.41 Å². The number of ketones is 2. The van der Waals surface area contributed by atoms with Crippen molar-refractivity contribution in [3.05, 3.63) is 70.8 Å². The number of fused-ring (bicyclic) bond motifs is 2. The molecule has 1 saturated carbocycles. The Bertz CT molecular complexity index is 1680. The van der Waals surface area contributed by atoms with Crippen molar-refractivity contribution < 1.29 is 28.7 Å². The Kier molecular flexibility index (Phi) is 8.75. The summed E-state index contributed by atoms with van der Waals surface area (Å²) in [5, 5.41) is 8.19. The van der Waals surface area contributed by atoms with Gasteiger partial charge >= 0.3 is 11.9 Å². The standard InChI is InChI=1S/C38H42N2O6/c41-34(22-45-36(43)32-6-4-16-39-32)27-11-9-24-18-26(10-8-25(24)19-27)28-12-13-29(35(42)23-46-37(44)33-7-5-17-40-33)31-21-38(20-30(28)31)14-2-1-3-15-38/h8-13,18-19,32-33,39-40H,1-7,14-17,20-23H2. The van der Waals surface area contributed by atoms with Crippen molar-refractivity contribution >= 4 is 34.3 Å². The monoisotopic (exact) mass is 622 g/mol. The summed E-state index contributed by atoms with van der Waals surface area (Å²) >= 11 is 0. The minimum atomic E-state index is -0.367. The second kappa shape index (κ2) is 13.1. The lowest BCUT2D eigenvalue weighted by molar-refractivity contribution is -0.145. The molecule has 2 aliphatic heterocycles. The lowest BCUT2D eigenvalue weighted by Gasteiger charge is -2.33. The molecule has 1 spiro atoms. The molecule has 0 radical (unpaired) electrons. The minimum absolute atomic E-state index is 0.136. The first-order valence-corrected chi connectivity index (χ1v) is 16.9. The maximum Gasteiger partial charge on any atom is 0.323 e. The summed E-state index contributed by atoms with van der Waals surface area (Å²) in [5.41, 5.74) is 5.94. The third kappa shape index (κ3) is 6.25. The first kappa shape index (κ1) is 30.8. The Morgan fingerprint density at radius 1 is 0.674 bits per heavy atom. The predicted molar refractivity (Wildman–Crippen MR) is 175 cm³/mol. The van der Waals surface area contributed by atoms with E-state index in [1.165, 1.54) is 24.8 Å². The number of rotatable bonds is 9. The highest BCUT2D eigenvalue weighted by Crippen LogP contribution is 2.50. The molecule has 2 aliphatic carbocycles. The molecule has 240 valence electrons. The van der Waals surface area contributed by atoms with E-state index in [0.29, 0.717) is 11.1 Å². The van der Waals surface area contributed by atoms with Gasteiger partial charge in [0.1, 0.15) is 12.1 Å². The largest absolute Gasteiger partial charge is 0.456 e. The topological polar surface area (TPSA) is 111 Å². The van der Waals surface area contributed by atoms with Crippen molar-refractivity contribution in [2.45, 2.75) is 82.7 Å². The highest BCUT2D eigenvalue weighted by Gasteiger charge is 2.41. The molecular formula is C38H42N2O6. The summed E-state index contributed by atoms with van der Waals surface area (Å²) in [7, 11) is 0. The Morgan fingerprint density at radius 2 is 1.30 bits per heavy atom. The van der Waals surface area contributed by atoms with Crippen molar-refractivity contribution in [1.82, 2.24) is 10.6 Å². The van der Waals surface area contributed by atoms with Crippen LogP contribution in [0.2, 0.25) is 0 Å². The van der Waals surface area contributed by atoms with Gasteiger partial charge in [-0.05, 0) is 115 Å². The van der Waals surface area contributed by atoms with Gasteiger partial charge in [0.05, 0.1) is 0 Å². The molecule has 4 aliphatic rings. The second-order valence-electron chi connectivity index (χ2n) is 13.7. The highest BCUT2D eigenvalue weighted by molar-refractivity contribution is 6.03. The predicted octanol–water partition coefficient (Wildman–Crippen LogP) is 5.51. The Balaban J connectivity index is 1.12. The van der Waals surface area contributed by atoms with Crippen LogP contribution < -0.4 is 10.6 Å². The quantitative estimate of drug-likeness (QED) is 0.238. The number of carbonyl (C=O) groups excluding carboxylic acids is 4. The van der Waals surface area contributed by atoms with Gasteiger partial charge in [-0.3, -0.25) is 19.2 Å². The molecule has 2 heterocycles. The molecule has 3 aromatic rings. The van der Waals surface area contributed by atoms with Crippen LogP contribution in [-0.2, 0) is 31.9 Å². The molecule has 3 aromatic carbocycles. The van der Waals surface area contributed by atoms with Crippen LogP contribution in [0.4, 0.5) is 0 Å². The van der Waals surface area contributed by atoms with Crippen LogP contribution in [0.1, 0.15) is 89.6 Å². The fourth-order valence-electron chi connectivity index (χ4n) is 8.09. The maximum absolute atomic E-state index is 13.5. The summed E-state index contributed by atoms with van der Waals surface area (Å²) in [6.07, 6.45) is 11.2. The van der Waals surface area contributed by atoms with Crippen LogP contribution in [0.3, 0.4) is 0 Å². The van der Waals surface area contributed by atoms with Crippen molar-refractivity contribution in [2.24, 2.45) is 5.41 Å². The van der Waals surface area contributed by atoms with Crippen molar-refractivity contribution in [3.8, 4) is 11.1 Å². The zero-order valence-corrected chi connectivity index (χ0v) is 26.3. The van der Waals surface area contributed by atoms with Gasteiger partial charge in [-0.25, -0.2) is 0 Å². The van der Waals surface area contributed by atoms with E-state index in [1.807, 2.05) is 24.3 Å². The lowest BCUT2D eigenvalue weighted by Crippen LogP contribution is -2.33. The molecule has 2 atom stereocenters. The number of hydrogen-bond acceptors (Lipinski definition) is 8. The van der Waals surface area contributed by atoms with E-state index < -0.39 is 0 Å². The average molecular weight is 623 g/mol. The third-order valence-electron chi connectivity index (χ3n) is 10.6. The number of Topliss-reactive ketones (excluding diaryl/α,β-unsaturated/α-hetero) is 2. The molecule has 2 saturated heterocycles. The normalized spacial score (nSPS) is 21.7.